The van der Waals surface area contributed by atoms with Gasteiger partial charge in [-0.05, 0) is 23.7 Å². The lowest BCUT2D eigenvalue weighted by atomic mass is 10.2. The van der Waals surface area contributed by atoms with Crippen LogP contribution < -0.4 is 15.3 Å². The van der Waals surface area contributed by atoms with Crippen LogP contribution in [-0.2, 0) is 10.8 Å². The van der Waals surface area contributed by atoms with Gasteiger partial charge in [0.1, 0.15) is 12.5 Å². The van der Waals surface area contributed by atoms with Crippen LogP contribution in [0.1, 0.15) is 5.56 Å². The molecule has 2 aliphatic rings. The highest BCUT2D eigenvalue weighted by atomic mass is 35.5. The van der Waals surface area contributed by atoms with Crippen LogP contribution in [0.3, 0.4) is 0 Å². The van der Waals surface area contributed by atoms with Gasteiger partial charge in [0.05, 0.1) is 11.3 Å². The molecule has 4 rings (SSSR count). The molecule has 1 aromatic carbocycles. The Balaban J connectivity index is 1.68. The second-order valence-electron chi connectivity index (χ2n) is 5.75. The topological polar surface area (TPSA) is 73.7 Å². The smallest absolute Gasteiger partial charge is 0.226 e. The van der Waals surface area contributed by atoms with E-state index in [1.165, 1.54) is 0 Å². The monoisotopic (exact) mass is 376 g/mol. The zero-order valence-corrected chi connectivity index (χ0v) is 15.0. The first-order valence-corrected chi connectivity index (χ1v) is 9.84. The summed E-state index contributed by atoms with van der Waals surface area (Å²) >= 11 is 6.19. The number of hydrogen-bond acceptors (Lipinski definition) is 7. The van der Waals surface area contributed by atoms with Gasteiger partial charge in [0.2, 0.25) is 5.28 Å². The summed E-state index contributed by atoms with van der Waals surface area (Å²) in [5.41, 5.74) is 5.07. The maximum Gasteiger partial charge on any atom is 0.226 e. The fraction of sp³-hybridized carbons (Fsp3) is 0.312. The first-order chi connectivity index (χ1) is 12.2. The van der Waals surface area contributed by atoms with Crippen molar-refractivity contribution in [3.05, 3.63) is 41.2 Å². The van der Waals surface area contributed by atoms with Gasteiger partial charge in [0, 0.05) is 41.6 Å². The minimum absolute atomic E-state index is 0.190. The highest BCUT2D eigenvalue weighted by Gasteiger charge is 2.26. The second kappa shape index (κ2) is 6.97. The summed E-state index contributed by atoms with van der Waals surface area (Å²) in [6.07, 6.45) is 1.79. The number of hydrogen-bond donors (Lipinski definition) is 1. The van der Waals surface area contributed by atoms with Crippen molar-refractivity contribution in [1.82, 2.24) is 9.97 Å². The molecule has 0 atom stereocenters. The summed E-state index contributed by atoms with van der Waals surface area (Å²) in [4.78, 5) is 15.3. The van der Waals surface area contributed by atoms with Crippen molar-refractivity contribution in [3.63, 3.8) is 0 Å². The predicted molar refractivity (Wildman–Crippen MR) is 102 cm³/mol. The third-order valence-electron chi connectivity index (χ3n) is 4.09. The highest BCUT2D eigenvalue weighted by Crippen LogP contribution is 2.30. The molecule has 25 heavy (non-hydrogen) atoms. The Kier molecular flexibility index (Phi) is 4.54. The number of nitrogens with zero attached hydrogens (tertiary/aromatic N) is 5. The fourth-order valence-corrected chi connectivity index (χ4v) is 4.08. The Bertz CT molecular complexity index is 821. The van der Waals surface area contributed by atoms with Crippen molar-refractivity contribution in [1.29, 1.82) is 0 Å². The molecule has 1 fully saturated rings. The summed E-state index contributed by atoms with van der Waals surface area (Å²) in [5, 5.41) is 2.04. The van der Waals surface area contributed by atoms with Crippen LogP contribution >= 0.6 is 11.6 Å². The molecular formula is C16H17ClN6OS. The van der Waals surface area contributed by atoms with Crippen LogP contribution in [0.2, 0.25) is 5.28 Å². The van der Waals surface area contributed by atoms with Gasteiger partial charge in [-0.2, -0.15) is 9.97 Å². The Morgan fingerprint density at radius 3 is 2.56 bits per heavy atom. The molecule has 130 valence electrons. The summed E-state index contributed by atoms with van der Waals surface area (Å²) in [6.45, 7) is 1.80. The van der Waals surface area contributed by atoms with Crippen LogP contribution in [0.25, 0.3) is 0 Å². The van der Waals surface area contributed by atoms with E-state index in [2.05, 4.69) is 25.3 Å². The predicted octanol–water partition coefficient (Wildman–Crippen LogP) is 1.92. The average molecular weight is 377 g/mol. The van der Waals surface area contributed by atoms with Crippen molar-refractivity contribution in [2.75, 3.05) is 46.6 Å². The molecule has 0 radical (unpaired) electrons. The molecule has 3 heterocycles. The summed E-state index contributed by atoms with van der Waals surface area (Å²) in [6, 6.07) is 9.83. The molecule has 0 spiro atoms. The Hall–Kier alpha value is -2.19. The number of aromatic nitrogens is 2. The number of fused-ring (bicyclic) bond motifs is 1. The lowest BCUT2D eigenvalue weighted by Gasteiger charge is -2.32. The van der Waals surface area contributed by atoms with Crippen molar-refractivity contribution < 1.29 is 4.21 Å². The van der Waals surface area contributed by atoms with Gasteiger partial charge >= 0.3 is 0 Å². The number of hydrazine groups is 1. The lowest BCUT2D eigenvalue weighted by Crippen LogP contribution is -2.40. The molecule has 0 saturated carbocycles. The second-order valence-corrected chi connectivity index (χ2v) is 7.78. The number of rotatable bonds is 3. The van der Waals surface area contributed by atoms with Crippen LogP contribution in [0, 0.1) is 0 Å². The maximum atomic E-state index is 11.6. The van der Waals surface area contributed by atoms with Crippen molar-refractivity contribution in [2.24, 2.45) is 4.99 Å². The Morgan fingerprint density at radius 2 is 1.80 bits per heavy atom. The SMILES string of the molecule is O=S1CCN(c2nc(Cl)nc3c2C=NCN3Nc2ccccc2)CC1. The summed E-state index contributed by atoms with van der Waals surface area (Å²) < 4.78 is 11.6. The standard InChI is InChI=1S/C16H17ClN6OS/c17-16-19-14(22-6-8-25(24)9-7-22)13-10-18-11-23(15(13)20-16)21-12-4-2-1-3-5-12/h1-5,10,21H,6-9,11H2. The molecular weight excluding hydrogens is 360 g/mol. The van der Waals surface area contributed by atoms with Crippen molar-refractivity contribution in [3.8, 4) is 0 Å². The van der Waals surface area contributed by atoms with E-state index in [4.69, 9.17) is 11.6 Å². The van der Waals surface area contributed by atoms with Gasteiger partial charge in [0.25, 0.3) is 0 Å². The van der Waals surface area contributed by atoms with Gasteiger partial charge in [0.15, 0.2) is 5.82 Å². The van der Waals surface area contributed by atoms with E-state index in [1.54, 1.807) is 6.21 Å². The largest absolute Gasteiger partial charge is 0.354 e. The number of anilines is 3. The fourth-order valence-electron chi connectivity index (χ4n) is 2.87. The number of aliphatic imine (C=N–C) groups is 1. The Labute approximate surface area is 153 Å². The first-order valence-electron chi connectivity index (χ1n) is 7.97. The quantitative estimate of drug-likeness (QED) is 0.825. The molecule has 0 aliphatic carbocycles. The number of nitrogens with one attached hydrogen (secondary N) is 1. The van der Waals surface area contributed by atoms with Gasteiger partial charge in [-0.1, -0.05) is 18.2 Å². The minimum Gasteiger partial charge on any atom is -0.354 e. The molecule has 7 nitrogen and oxygen atoms in total. The zero-order valence-electron chi connectivity index (χ0n) is 13.4. The number of para-hydroxylation sites is 1. The molecule has 9 heteroatoms. The van der Waals surface area contributed by atoms with E-state index in [1.807, 2.05) is 35.3 Å². The maximum absolute atomic E-state index is 11.6. The van der Waals surface area contributed by atoms with Crippen molar-refractivity contribution >= 4 is 45.9 Å². The van der Waals surface area contributed by atoms with Gasteiger partial charge in [-0.3, -0.25) is 14.6 Å². The summed E-state index contributed by atoms with van der Waals surface area (Å²) in [5.74, 6) is 2.72. The van der Waals surface area contributed by atoms with E-state index >= 15 is 0 Å². The molecule has 0 bridgehead atoms. The first kappa shape index (κ1) is 16.3. The number of halogens is 1. The number of benzene rings is 1. The third kappa shape index (κ3) is 3.45. The molecule has 1 N–H and O–H groups in total. The Morgan fingerprint density at radius 1 is 1.08 bits per heavy atom. The highest BCUT2D eigenvalue weighted by molar-refractivity contribution is 7.85. The van der Waals surface area contributed by atoms with Crippen LogP contribution in [0.4, 0.5) is 17.3 Å². The van der Waals surface area contributed by atoms with Crippen LogP contribution in [0.15, 0.2) is 35.3 Å². The van der Waals surface area contributed by atoms with Crippen LogP contribution in [-0.4, -0.2) is 51.7 Å². The zero-order chi connectivity index (χ0) is 17.2. The minimum atomic E-state index is -0.750. The van der Waals surface area contributed by atoms with Gasteiger partial charge in [-0.25, -0.2) is 5.01 Å². The average Bonchev–Trinajstić information content (AvgIpc) is 2.63. The van der Waals surface area contributed by atoms with E-state index in [-0.39, 0.29) is 5.28 Å². The van der Waals surface area contributed by atoms with Crippen molar-refractivity contribution in [2.45, 2.75) is 0 Å². The van der Waals surface area contributed by atoms with E-state index in [9.17, 15) is 4.21 Å². The molecule has 0 unspecified atom stereocenters. The lowest BCUT2D eigenvalue weighted by molar-refractivity contribution is 0.672. The summed E-state index contributed by atoms with van der Waals surface area (Å²) in [7, 11) is -0.750. The molecule has 1 saturated heterocycles. The van der Waals surface area contributed by atoms with E-state index < -0.39 is 10.8 Å². The third-order valence-corrected chi connectivity index (χ3v) is 5.54. The normalized spacial score (nSPS) is 17.5. The van der Waals surface area contributed by atoms with E-state index in [0.717, 1.165) is 17.1 Å². The molecule has 1 aromatic heterocycles. The molecule has 0 amide bonds. The van der Waals surface area contributed by atoms with Gasteiger partial charge in [-0.15, -0.1) is 0 Å². The van der Waals surface area contributed by atoms with Gasteiger partial charge < -0.3 is 4.90 Å². The van der Waals surface area contributed by atoms with Crippen LogP contribution in [0.5, 0.6) is 0 Å². The molecule has 2 aromatic rings. The molecule has 2 aliphatic heterocycles. The van der Waals surface area contributed by atoms with E-state index in [0.29, 0.717) is 37.1 Å².